The van der Waals surface area contributed by atoms with Crippen molar-refractivity contribution in [3.05, 3.63) is 130 Å². The molecule has 0 aliphatic carbocycles. The molecule has 0 saturated carbocycles. The molecule has 0 bridgehead atoms. The Kier molecular flexibility index (Phi) is 8.02. The maximum absolute atomic E-state index is 13.9. The second-order valence-corrected chi connectivity index (χ2v) is 10.6. The SMILES string of the molecule is CCC1=C(C(=O)OC)[C@@H](c2ccccc2)n2c(s/c(=C/c3cc(Cl)cc(Cl)c3OCc3ccccc3)c2=O)=N1. The molecule has 0 unspecified atom stereocenters. The number of methoxy groups -OCH3 is 1. The van der Waals surface area contributed by atoms with Crippen molar-refractivity contribution in [1.29, 1.82) is 0 Å². The number of benzene rings is 3. The number of halogens is 2. The van der Waals surface area contributed by atoms with Gasteiger partial charge in [0.1, 0.15) is 12.4 Å². The largest absolute Gasteiger partial charge is 0.487 e. The van der Waals surface area contributed by atoms with Crippen LogP contribution in [0.5, 0.6) is 5.75 Å². The number of nitrogens with zero attached hydrogens (tertiary/aromatic N) is 2. The van der Waals surface area contributed by atoms with Crippen LogP contribution in [0.15, 0.2) is 93.9 Å². The Hall–Kier alpha value is -3.65. The average Bonchev–Trinajstić information content (AvgIpc) is 3.26. The second-order valence-electron chi connectivity index (χ2n) is 8.78. The van der Waals surface area contributed by atoms with Gasteiger partial charge in [0.25, 0.3) is 5.56 Å². The molecule has 4 aromatic rings. The zero-order valence-corrected chi connectivity index (χ0v) is 23.5. The monoisotopic (exact) mass is 578 g/mol. The van der Waals surface area contributed by atoms with Gasteiger partial charge in [0.05, 0.1) is 34.0 Å². The van der Waals surface area contributed by atoms with Crippen LogP contribution in [0, 0.1) is 0 Å². The highest BCUT2D eigenvalue weighted by Crippen LogP contribution is 2.34. The van der Waals surface area contributed by atoms with Crippen LogP contribution in [0.25, 0.3) is 6.08 Å². The Labute approximate surface area is 239 Å². The number of hydrogen-bond donors (Lipinski definition) is 0. The molecule has 39 heavy (non-hydrogen) atoms. The van der Waals surface area contributed by atoms with Crippen molar-refractivity contribution in [3.8, 4) is 5.75 Å². The lowest BCUT2D eigenvalue weighted by Gasteiger charge is -2.25. The van der Waals surface area contributed by atoms with Gasteiger partial charge in [0, 0.05) is 10.6 Å². The normalized spacial score (nSPS) is 15.1. The standard InChI is InChI=1S/C30H24Cl2N2O4S/c1-3-23-25(29(36)37-2)26(19-12-8-5-9-13-19)34-28(35)24(39-30(34)33-23)15-20-14-21(31)16-22(32)27(20)38-17-18-10-6-4-7-11-18/h4-16,26H,3,17H2,1-2H3/b24-15+/t26-/m1/s1. The number of hydrogen-bond acceptors (Lipinski definition) is 6. The third kappa shape index (κ3) is 5.43. The fourth-order valence-corrected chi connectivity index (χ4v) is 6.10. The molecule has 1 aliphatic heterocycles. The Morgan fingerprint density at radius 2 is 1.77 bits per heavy atom. The Morgan fingerprint density at radius 1 is 1.08 bits per heavy atom. The fraction of sp³-hybridized carbons (Fsp3) is 0.167. The van der Waals surface area contributed by atoms with E-state index in [0.29, 0.717) is 55.0 Å². The molecule has 1 aromatic heterocycles. The minimum Gasteiger partial charge on any atom is -0.487 e. The summed E-state index contributed by atoms with van der Waals surface area (Å²) in [7, 11) is 1.33. The van der Waals surface area contributed by atoms with Gasteiger partial charge >= 0.3 is 5.97 Å². The lowest BCUT2D eigenvalue weighted by atomic mass is 9.95. The highest BCUT2D eigenvalue weighted by Gasteiger charge is 2.33. The van der Waals surface area contributed by atoms with Crippen LogP contribution in [0.3, 0.4) is 0 Å². The van der Waals surface area contributed by atoms with Gasteiger partial charge < -0.3 is 9.47 Å². The summed E-state index contributed by atoms with van der Waals surface area (Å²) < 4.78 is 13.2. The van der Waals surface area contributed by atoms with Crippen LogP contribution < -0.4 is 19.6 Å². The number of carbonyl (C=O) groups excluding carboxylic acids is 1. The van der Waals surface area contributed by atoms with Crippen LogP contribution in [0.1, 0.15) is 36.1 Å². The predicted molar refractivity (Wildman–Crippen MR) is 154 cm³/mol. The highest BCUT2D eigenvalue weighted by molar-refractivity contribution is 7.07. The van der Waals surface area contributed by atoms with Crippen LogP contribution in [-0.4, -0.2) is 17.6 Å². The molecule has 0 amide bonds. The van der Waals surface area contributed by atoms with Crippen molar-refractivity contribution in [3.63, 3.8) is 0 Å². The zero-order valence-electron chi connectivity index (χ0n) is 21.2. The molecule has 1 atom stereocenters. The van der Waals surface area contributed by atoms with Gasteiger partial charge in [-0.05, 0) is 35.8 Å². The molecule has 3 aromatic carbocycles. The quantitative estimate of drug-likeness (QED) is 0.264. The van der Waals surface area contributed by atoms with Gasteiger partial charge in [0.2, 0.25) is 0 Å². The summed E-state index contributed by atoms with van der Waals surface area (Å²) in [5, 5.41) is 0.746. The summed E-state index contributed by atoms with van der Waals surface area (Å²) in [5.74, 6) is -0.100. The number of fused-ring (bicyclic) bond motifs is 1. The maximum atomic E-state index is 13.9. The van der Waals surface area contributed by atoms with Crippen molar-refractivity contribution < 1.29 is 14.3 Å². The van der Waals surface area contributed by atoms with Gasteiger partial charge in [-0.2, -0.15) is 0 Å². The van der Waals surface area contributed by atoms with Gasteiger partial charge in [-0.15, -0.1) is 0 Å². The van der Waals surface area contributed by atoms with E-state index in [4.69, 9.17) is 37.7 Å². The third-order valence-electron chi connectivity index (χ3n) is 6.32. The molecule has 1 aliphatic rings. The maximum Gasteiger partial charge on any atom is 0.338 e. The zero-order chi connectivity index (χ0) is 27.5. The molecule has 0 spiro atoms. The van der Waals surface area contributed by atoms with E-state index in [2.05, 4.69) is 0 Å². The summed E-state index contributed by atoms with van der Waals surface area (Å²) in [6.07, 6.45) is 2.21. The van der Waals surface area contributed by atoms with E-state index >= 15 is 0 Å². The van der Waals surface area contributed by atoms with Crippen molar-refractivity contribution in [2.45, 2.75) is 26.0 Å². The number of rotatable bonds is 7. The minimum atomic E-state index is -0.677. The first kappa shape index (κ1) is 26.9. The first-order valence-electron chi connectivity index (χ1n) is 12.2. The Bertz CT molecular complexity index is 1750. The molecule has 9 heteroatoms. The molecule has 198 valence electrons. The lowest BCUT2D eigenvalue weighted by molar-refractivity contribution is -0.136. The number of ether oxygens (including phenoxy) is 2. The number of aromatic nitrogens is 1. The van der Waals surface area contributed by atoms with E-state index in [1.54, 1.807) is 22.8 Å². The van der Waals surface area contributed by atoms with E-state index in [1.165, 1.54) is 18.4 Å². The fourth-order valence-electron chi connectivity index (χ4n) is 4.53. The number of thiazole rings is 1. The second kappa shape index (κ2) is 11.6. The minimum absolute atomic E-state index is 0.292. The Morgan fingerprint density at radius 3 is 2.44 bits per heavy atom. The first-order chi connectivity index (χ1) is 18.9. The summed E-state index contributed by atoms with van der Waals surface area (Å²) >= 11 is 14.1. The van der Waals surface area contributed by atoms with E-state index in [0.717, 1.165) is 11.1 Å². The summed E-state index contributed by atoms with van der Waals surface area (Å²) in [4.78, 5) is 32.0. The molecule has 2 heterocycles. The van der Waals surface area contributed by atoms with Crippen molar-refractivity contribution in [2.75, 3.05) is 7.11 Å². The van der Waals surface area contributed by atoms with Crippen LogP contribution in [0.4, 0.5) is 0 Å². The summed E-state index contributed by atoms with van der Waals surface area (Å²) in [6, 6.07) is 21.7. The van der Waals surface area contributed by atoms with Crippen molar-refractivity contribution in [2.24, 2.45) is 4.99 Å². The van der Waals surface area contributed by atoms with E-state index < -0.39 is 12.0 Å². The molecular weight excluding hydrogens is 555 g/mol. The summed E-state index contributed by atoms with van der Waals surface area (Å²) in [5.41, 5.74) is 2.95. The van der Waals surface area contributed by atoms with E-state index in [1.807, 2.05) is 67.6 Å². The van der Waals surface area contributed by atoms with Gasteiger partial charge in [-0.1, -0.05) is 102 Å². The summed E-state index contributed by atoms with van der Waals surface area (Å²) in [6.45, 7) is 2.21. The molecule has 6 nitrogen and oxygen atoms in total. The van der Waals surface area contributed by atoms with E-state index in [9.17, 15) is 9.59 Å². The Balaban J connectivity index is 1.68. The highest BCUT2D eigenvalue weighted by atomic mass is 35.5. The van der Waals surface area contributed by atoms with Crippen LogP contribution in [0.2, 0.25) is 10.0 Å². The topological polar surface area (TPSA) is 69.9 Å². The average molecular weight is 580 g/mol. The molecule has 0 saturated heterocycles. The number of allylic oxidation sites excluding steroid dienone is 1. The van der Waals surface area contributed by atoms with Crippen LogP contribution in [-0.2, 0) is 16.1 Å². The number of carbonyl (C=O) groups is 1. The first-order valence-corrected chi connectivity index (χ1v) is 13.8. The van der Waals surface area contributed by atoms with Crippen molar-refractivity contribution in [1.82, 2.24) is 4.57 Å². The van der Waals surface area contributed by atoms with Crippen molar-refractivity contribution >= 4 is 46.6 Å². The lowest BCUT2D eigenvalue weighted by Crippen LogP contribution is -2.40. The van der Waals surface area contributed by atoms with Gasteiger partial charge in [-0.25, -0.2) is 9.79 Å². The van der Waals surface area contributed by atoms with Gasteiger partial charge in [0.15, 0.2) is 4.80 Å². The van der Waals surface area contributed by atoms with E-state index in [-0.39, 0.29) is 5.56 Å². The molecule has 5 rings (SSSR count). The van der Waals surface area contributed by atoms with Gasteiger partial charge in [-0.3, -0.25) is 9.36 Å². The number of esters is 1. The molecule has 0 radical (unpaired) electrons. The molecule has 0 fully saturated rings. The predicted octanol–water partition coefficient (Wildman–Crippen LogP) is 5.68. The van der Waals surface area contributed by atoms with Crippen LogP contribution >= 0.6 is 34.5 Å². The smallest absolute Gasteiger partial charge is 0.338 e. The third-order valence-corrected chi connectivity index (χ3v) is 7.80. The molecule has 0 N–H and O–H groups in total. The molecular formula is C30H24Cl2N2O4S.